The molecule has 0 spiro atoms. The average Bonchev–Trinajstić information content (AvgIpc) is 2.83. The van der Waals surface area contributed by atoms with E-state index in [1.54, 1.807) is 30.3 Å². The Bertz CT molecular complexity index is 778. The SMILES string of the molecule is CC1(NS(=O)(=O)c2cccc3cc(N)ccc23)CCCC1. The molecule has 2 aromatic rings. The quantitative estimate of drug-likeness (QED) is 0.856. The fourth-order valence-corrected chi connectivity index (χ4v) is 4.84. The van der Waals surface area contributed by atoms with Crippen molar-refractivity contribution in [2.75, 3.05) is 5.73 Å². The highest BCUT2D eigenvalue weighted by atomic mass is 32.2. The molecule has 0 radical (unpaired) electrons. The Morgan fingerprint density at radius 2 is 1.86 bits per heavy atom. The van der Waals surface area contributed by atoms with Gasteiger partial charge in [-0.1, -0.05) is 31.0 Å². The molecule has 0 aromatic heterocycles. The summed E-state index contributed by atoms with van der Waals surface area (Å²) in [4.78, 5) is 0.327. The highest BCUT2D eigenvalue weighted by Crippen LogP contribution is 2.32. The topological polar surface area (TPSA) is 72.2 Å². The average molecular weight is 304 g/mol. The van der Waals surface area contributed by atoms with Crippen molar-refractivity contribution in [1.29, 1.82) is 0 Å². The van der Waals surface area contributed by atoms with Gasteiger partial charge in [0.15, 0.2) is 0 Å². The third kappa shape index (κ3) is 2.76. The van der Waals surface area contributed by atoms with Gasteiger partial charge < -0.3 is 5.73 Å². The van der Waals surface area contributed by atoms with Crippen LogP contribution in [0.1, 0.15) is 32.6 Å². The first-order valence-corrected chi connectivity index (χ1v) is 8.70. The molecule has 1 fully saturated rings. The van der Waals surface area contributed by atoms with E-state index in [0.717, 1.165) is 31.1 Å². The van der Waals surface area contributed by atoms with Gasteiger partial charge in [0.2, 0.25) is 10.0 Å². The van der Waals surface area contributed by atoms with Crippen molar-refractivity contribution in [3.8, 4) is 0 Å². The molecule has 112 valence electrons. The van der Waals surface area contributed by atoms with E-state index < -0.39 is 10.0 Å². The maximum atomic E-state index is 12.7. The number of nitrogens with one attached hydrogen (secondary N) is 1. The van der Waals surface area contributed by atoms with Gasteiger partial charge >= 0.3 is 0 Å². The minimum atomic E-state index is -3.53. The van der Waals surface area contributed by atoms with Crippen LogP contribution < -0.4 is 10.5 Å². The van der Waals surface area contributed by atoms with Crippen LogP contribution in [0.3, 0.4) is 0 Å². The fraction of sp³-hybridized carbons (Fsp3) is 0.375. The number of nitrogens with two attached hydrogens (primary N) is 1. The van der Waals surface area contributed by atoms with E-state index in [1.165, 1.54) is 0 Å². The van der Waals surface area contributed by atoms with Crippen molar-refractivity contribution in [2.45, 2.75) is 43.0 Å². The van der Waals surface area contributed by atoms with Crippen LogP contribution in [0.5, 0.6) is 0 Å². The normalized spacial score (nSPS) is 18.1. The Labute approximate surface area is 125 Å². The maximum absolute atomic E-state index is 12.7. The summed E-state index contributed by atoms with van der Waals surface area (Å²) in [6.07, 6.45) is 3.93. The molecule has 0 saturated heterocycles. The van der Waals surface area contributed by atoms with Gasteiger partial charge in [-0.2, -0.15) is 0 Å². The molecular weight excluding hydrogens is 284 g/mol. The Morgan fingerprint density at radius 1 is 1.14 bits per heavy atom. The van der Waals surface area contributed by atoms with Gasteiger partial charge in [-0.05, 0) is 43.4 Å². The third-order valence-corrected chi connectivity index (χ3v) is 5.94. The zero-order valence-electron chi connectivity index (χ0n) is 12.1. The number of nitrogen functional groups attached to an aromatic ring is 1. The Balaban J connectivity index is 2.06. The van der Waals surface area contributed by atoms with E-state index >= 15 is 0 Å². The van der Waals surface area contributed by atoms with Gasteiger partial charge in [0.05, 0.1) is 4.90 Å². The summed E-state index contributed by atoms with van der Waals surface area (Å²) < 4.78 is 28.4. The van der Waals surface area contributed by atoms with Gasteiger partial charge in [-0.15, -0.1) is 0 Å². The van der Waals surface area contributed by atoms with E-state index in [0.29, 0.717) is 16.0 Å². The Morgan fingerprint density at radius 3 is 2.57 bits per heavy atom. The van der Waals surface area contributed by atoms with Crippen molar-refractivity contribution >= 4 is 26.5 Å². The summed E-state index contributed by atoms with van der Waals surface area (Å²) in [5.41, 5.74) is 6.08. The number of fused-ring (bicyclic) bond motifs is 1. The van der Waals surface area contributed by atoms with Crippen molar-refractivity contribution in [2.24, 2.45) is 0 Å². The molecule has 0 unspecified atom stereocenters. The summed E-state index contributed by atoms with van der Waals surface area (Å²) >= 11 is 0. The zero-order chi connectivity index (χ0) is 15.1. The lowest BCUT2D eigenvalue weighted by Gasteiger charge is -2.25. The van der Waals surface area contributed by atoms with Gasteiger partial charge in [0, 0.05) is 16.6 Å². The second kappa shape index (κ2) is 5.00. The lowest BCUT2D eigenvalue weighted by molar-refractivity contribution is 0.428. The predicted octanol–water partition coefficient (Wildman–Crippen LogP) is 3.03. The van der Waals surface area contributed by atoms with Gasteiger partial charge in [0.25, 0.3) is 0 Å². The number of rotatable bonds is 3. The number of hydrogen-bond acceptors (Lipinski definition) is 3. The monoisotopic (exact) mass is 304 g/mol. The first kappa shape index (κ1) is 14.4. The molecule has 1 aliphatic carbocycles. The second-order valence-electron chi connectivity index (χ2n) is 6.11. The second-order valence-corrected chi connectivity index (χ2v) is 7.76. The Kier molecular flexibility index (Phi) is 3.42. The van der Waals surface area contributed by atoms with Crippen LogP contribution in [-0.4, -0.2) is 14.0 Å². The molecule has 0 aliphatic heterocycles. The molecule has 0 heterocycles. The fourth-order valence-electron chi connectivity index (χ4n) is 3.14. The van der Waals surface area contributed by atoms with Gasteiger partial charge in [-0.25, -0.2) is 13.1 Å². The standard InChI is InChI=1S/C16H20N2O2S/c1-16(9-2-3-10-16)18-21(19,20)15-6-4-5-12-11-13(17)7-8-14(12)15/h4-8,11,18H,2-3,9-10,17H2,1H3. The number of anilines is 1. The number of sulfonamides is 1. The highest BCUT2D eigenvalue weighted by molar-refractivity contribution is 7.89. The van der Waals surface area contributed by atoms with Crippen molar-refractivity contribution in [3.05, 3.63) is 36.4 Å². The molecule has 0 amide bonds. The molecule has 1 aliphatic rings. The van der Waals surface area contributed by atoms with Gasteiger partial charge in [0.1, 0.15) is 0 Å². The molecule has 4 nitrogen and oxygen atoms in total. The van der Waals surface area contributed by atoms with Crippen LogP contribution in [0.2, 0.25) is 0 Å². The molecule has 0 atom stereocenters. The van der Waals surface area contributed by atoms with Crippen LogP contribution in [0, 0.1) is 0 Å². The van der Waals surface area contributed by atoms with E-state index in [1.807, 2.05) is 13.0 Å². The largest absolute Gasteiger partial charge is 0.399 e. The van der Waals surface area contributed by atoms with Crippen LogP contribution in [-0.2, 0) is 10.0 Å². The van der Waals surface area contributed by atoms with E-state index in [4.69, 9.17) is 5.73 Å². The first-order chi connectivity index (χ1) is 9.90. The third-order valence-electron chi connectivity index (χ3n) is 4.24. The zero-order valence-corrected chi connectivity index (χ0v) is 12.9. The summed E-state index contributed by atoms with van der Waals surface area (Å²) in [5.74, 6) is 0. The van der Waals surface area contributed by atoms with Crippen molar-refractivity contribution in [1.82, 2.24) is 4.72 Å². The van der Waals surface area contributed by atoms with Crippen LogP contribution in [0.4, 0.5) is 5.69 Å². The summed E-state index contributed by atoms with van der Waals surface area (Å²) in [6.45, 7) is 1.99. The smallest absolute Gasteiger partial charge is 0.241 e. The van der Waals surface area contributed by atoms with E-state index in [2.05, 4.69) is 4.72 Å². The van der Waals surface area contributed by atoms with Crippen LogP contribution >= 0.6 is 0 Å². The van der Waals surface area contributed by atoms with Crippen molar-refractivity contribution in [3.63, 3.8) is 0 Å². The van der Waals surface area contributed by atoms with E-state index in [-0.39, 0.29) is 5.54 Å². The van der Waals surface area contributed by atoms with E-state index in [9.17, 15) is 8.42 Å². The van der Waals surface area contributed by atoms with Crippen LogP contribution in [0.25, 0.3) is 10.8 Å². The predicted molar refractivity (Wildman–Crippen MR) is 85.6 cm³/mol. The highest BCUT2D eigenvalue weighted by Gasteiger charge is 2.34. The van der Waals surface area contributed by atoms with Crippen LogP contribution in [0.15, 0.2) is 41.3 Å². The lowest BCUT2D eigenvalue weighted by Crippen LogP contribution is -2.43. The Hall–Kier alpha value is -1.59. The maximum Gasteiger partial charge on any atom is 0.241 e. The molecule has 0 bridgehead atoms. The molecule has 3 N–H and O–H groups in total. The molecular formula is C16H20N2O2S. The van der Waals surface area contributed by atoms with Gasteiger partial charge in [-0.3, -0.25) is 0 Å². The molecule has 3 rings (SSSR count). The summed E-state index contributed by atoms with van der Waals surface area (Å²) in [7, 11) is -3.53. The number of hydrogen-bond donors (Lipinski definition) is 2. The molecule has 21 heavy (non-hydrogen) atoms. The van der Waals surface area contributed by atoms with Crippen molar-refractivity contribution < 1.29 is 8.42 Å². The summed E-state index contributed by atoms with van der Waals surface area (Å²) in [5, 5.41) is 1.55. The minimum Gasteiger partial charge on any atom is -0.399 e. The minimum absolute atomic E-state index is 0.325. The molecule has 2 aromatic carbocycles. The molecule has 5 heteroatoms. The number of benzene rings is 2. The first-order valence-electron chi connectivity index (χ1n) is 7.22. The lowest BCUT2D eigenvalue weighted by atomic mass is 10.0. The summed E-state index contributed by atoms with van der Waals surface area (Å²) in [6, 6.07) is 10.6. The molecule has 1 saturated carbocycles.